The van der Waals surface area contributed by atoms with Crippen molar-refractivity contribution < 1.29 is 5.11 Å². The van der Waals surface area contributed by atoms with E-state index < -0.39 is 5.60 Å². The molecule has 2 heterocycles. The second-order valence-electron chi connectivity index (χ2n) is 5.21. The Hall–Kier alpha value is -1.13. The predicted molar refractivity (Wildman–Crippen MR) is 106 cm³/mol. The highest BCUT2D eigenvalue weighted by atomic mass is 127. The van der Waals surface area contributed by atoms with Crippen LogP contribution in [0.1, 0.15) is 19.4 Å². The molecule has 0 saturated carbocycles. The molecule has 8 heteroatoms. The van der Waals surface area contributed by atoms with Crippen molar-refractivity contribution in [1.29, 1.82) is 0 Å². The summed E-state index contributed by atoms with van der Waals surface area (Å²) < 4.78 is 2.00. The highest BCUT2D eigenvalue weighted by molar-refractivity contribution is 14.0. The van der Waals surface area contributed by atoms with Gasteiger partial charge in [-0.15, -0.1) is 24.0 Å². The highest BCUT2D eigenvalue weighted by Crippen LogP contribution is 2.23. The summed E-state index contributed by atoms with van der Waals surface area (Å²) in [7, 11) is 0. The molecule has 128 valence electrons. The minimum atomic E-state index is -0.952. The molecule has 3 N–H and O–H groups in total. The van der Waals surface area contributed by atoms with Gasteiger partial charge in [-0.25, -0.2) is 9.98 Å². The molecule has 1 unspecified atom stereocenters. The Kier molecular flexibility index (Phi) is 8.56. The molecule has 0 saturated heterocycles. The van der Waals surface area contributed by atoms with Crippen molar-refractivity contribution in [2.24, 2.45) is 4.99 Å². The van der Waals surface area contributed by atoms with E-state index in [1.165, 1.54) is 0 Å². The number of nitrogens with one attached hydrogen (secondary N) is 2. The molecule has 2 aromatic rings. The van der Waals surface area contributed by atoms with E-state index in [9.17, 15) is 5.11 Å². The summed E-state index contributed by atoms with van der Waals surface area (Å²) in [6.07, 6.45) is 5.47. The summed E-state index contributed by atoms with van der Waals surface area (Å²) in [5.74, 6) is 0.707. The molecule has 0 fully saturated rings. The van der Waals surface area contributed by atoms with E-state index >= 15 is 0 Å². The first-order valence-corrected chi connectivity index (χ1v) is 8.29. The van der Waals surface area contributed by atoms with Crippen LogP contribution in [-0.2, 0) is 12.1 Å². The van der Waals surface area contributed by atoms with Crippen LogP contribution in [0.2, 0.25) is 0 Å². The van der Waals surface area contributed by atoms with Crippen molar-refractivity contribution in [3.8, 4) is 0 Å². The van der Waals surface area contributed by atoms with Gasteiger partial charge in [0.2, 0.25) is 0 Å². The molecule has 0 aliphatic heterocycles. The molecule has 0 amide bonds. The van der Waals surface area contributed by atoms with Gasteiger partial charge in [-0.2, -0.15) is 11.3 Å². The fourth-order valence-electron chi connectivity index (χ4n) is 1.96. The van der Waals surface area contributed by atoms with Crippen molar-refractivity contribution in [3.05, 3.63) is 41.1 Å². The quantitative estimate of drug-likeness (QED) is 0.344. The number of aromatic nitrogens is 2. The number of halogens is 1. The van der Waals surface area contributed by atoms with Gasteiger partial charge in [0, 0.05) is 32.0 Å². The Labute approximate surface area is 158 Å². The van der Waals surface area contributed by atoms with Crippen LogP contribution in [0.15, 0.2) is 40.5 Å². The number of hydrogen-bond donors (Lipinski definition) is 3. The predicted octanol–water partition coefficient (Wildman–Crippen LogP) is 2.03. The monoisotopic (exact) mass is 449 g/mol. The molecule has 2 aromatic heterocycles. The summed E-state index contributed by atoms with van der Waals surface area (Å²) in [5.41, 5.74) is -0.0531. The van der Waals surface area contributed by atoms with Crippen LogP contribution in [0.3, 0.4) is 0 Å². The zero-order chi connectivity index (χ0) is 15.8. The van der Waals surface area contributed by atoms with E-state index in [0.717, 1.165) is 25.2 Å². The Balaban J connectivity index is 0.00000264. The molecule has 0 aliphatic carbocycles. The number of thiophene rings is 1. The second kappa shape index (κ2) is 9.89. The molecular weight excluding hydrogens is 425 g/mol. The lowest BCUT2D eigenvalue weighted by Crippen LogP contribution is -2.40. The summed E-state index contributed by atoms with van der Waals surface area (Å²) in [4.78, 5) is 8.49. The van der Waals surface area contributed by atoms with Gasteiger partial charge in [0.15, 0.2) is 5.96 Å². The molecule has 6 nitrogen and oxygen atoms in total. The Morgan fingerprint density at radius 1 is 1.48 bits per heavy atom. The maximum Gasteiger partial charge on any atom is 0.191 e. The van der Waals surface area contributed by atoms with E-state index in [1.807, 2.05) is 34.5 Å². The van der Waals surface area contributed by atoms with Crippen LogP contribution in [0.25, 0.3) is 0 Å². The lowest BCUT2D eigenvalue weighted by Gasteiger charge is -2.21. The number of aliphatic hydroxyl groups is 1. The van der Waals surface area contributed by atoms with Crippen molar-refractivity contribution in [2.45, 2.75) is 26.0 Å². The van der Waals surface area contributed by atoms with Gasteiger partial charge in [0.1, 0.15) is 5.60 Å². The van der Waals surface area contributed by atoms with E-state index in [4.69, 9.17) is 0 Å². The standard InChI is InChI=1S/C15H23N5OS.HI/c1-3-17-14(18-6-8-20-7-5-16-12-20)19-11-15(2,21)13-4-9-22-10-13;/h4-5,7,9-10,12,21H,3,6,8,11H2,1-2H3,(H2,17,18,19);1H. The van der Waals surface area contributed by atoms with Gasteiger partial charge in [-0.1, -0.05) is 0 Å². The minimum Gasteiger partial charge on any atom is -0.383 e. The SMILES string of the molecule is CCNC(=NCC(C)(O)c1ccsc1)NCCn1ccnc1.I. The van der Waals surface area contributed by atoms with Crippen LogP contribution in [-0.4, -0.2) is 40.3 Å². The lowest BCUT2D eigenvalue weighted by atomic mass is 10.00. The van der Waals surface area contributed by atoms with Crippen molar-refractivity contribution in [1.82, 2.24) is 20.2 Å². The smallest absolute Gasteiger partial charge is 0.191 e. The van der Waals surface area contributed by atoms with Gasteiger partial charge in [-0.3, -0.25) is 0 Å². The maximum absolute atomic E-state index is 10.5. The zero-order valence-corrected chi connectivity index (χ0v) is 16.5. The lowest BCUT2D eigenvalue weighted by molar-refractivity contribution is 0.0677. The van der Waals surface area contributed by atoms with Gasteiger partial charge >= 0.3 is 0 Å². The second-order valence-corrected chi connectivity index (χ2v) is 5.99. The first-order chi connectivity index (χ1) is 10.6. The zero-order valence-electron chi connectivity index (χ0n) is 13.4. The average molecular weight is 449 g/mol. The Morgan fingerprint density at radius 3 is 2.91 bits per heavy atom. The van der Waals surface area contributed by atoms with Crippen LogP contribution in [0.5, 0.6) is 0 Å². The molecule has 0 spiro atoms. The molecule has 0 radical (unpaired) electrons. The Bertz CT molecular complexity index is 569. The van der Waals surface area contributed by atoms with E-state index in [2.05, 4.69) is 20.6 Å². The molecule has 0 bridgehead atoms. The van der Waals surface area contributed by atoms with Gasteiger partial charge in [0.25, 0.3) is 0 Å². The van der Waals surface area contributed by atoms with E-state index in [1.54, 1.807) is 30.8 Å². The van der Waals surface area contributed by atoms with Gasteiger partial charge < -0.3 is 20.3 Å². The molecule has 0 aromatic carbocycles. The summed E-state index contributed by atoms with van der Waals surface area (Å²) in [6, 6.07) is 1.93. The normalized spacial score (nSPS) is 14.0. The van der Waals surface area contributed by atoms with Crippen molar-refractivity contribution in [3.63, 3.8) is 0 Å². The summed E-state index contributed by atoms with van der Waals surface area (Å²) >= 11 is 1.57. The number of aliphatic imine (C=N–C) groups is 1. The van der Waals surface area contributed by atoms with Gasteiger partial charge in [-0.05, 0) is 36.2 Å². The topological polar surface area (TPSA) is 74.5 Å². The average Bonchev–Trinajstić information content (AvgIpc) is 3.18. The highest BCUT2D eigenvalue weighted by Gasteiger charge is 2.23. The van der Waals surface area contributed by atoms with Crippen LogP contribution >= 0.6 is 35.3 Å². The van der Waals surface area contributed by atoms with E-state index in [-0.39, 0.29) is 24.0 Å². The number of hydrogen-bond acceptors (Lipinski definition) is 4. The van der Waals surface area contributed by atoms with Crippen molar-refractivity contribution >= 4 is 41.3 Å². The molecule has 23 heavy (non-hydrogen) atoms. The molecular formula is C15H24IN5OS. The number of guanidine groups is 1. The first kappa shape index (κ1) is 19.9. The summed E-state index contributed by atoms with van der Waals surface area (Å²) in [5, 5.41) is 20.9. The Morgan fingerprint density at radius 2 is 2.30 bits per heavy atom. The fraction of sp³-hybridized carbons (Fsp3) is 0.467. The third-order valence-electron chi connectivity index (χ3n) is 3.25. The van der Waals surface area contributed by atoms with Crippen LogP contribution < -0.4 is 10.6 Å². The molecule has 0 aliphatic rings. The van der Waals surface area contributed by atoms with E-state index in [0.29, 0.717) is 12.5 Å². The van der Waals surface area contributed by atoms with Crippen LogP contribution in [0.4, 0.5) is 0 Å². The molecule has 2 rings (SSSR count). The maximum atomic E-state index is 10.5. The number of nitrogens with zero attached hydrogens (tertiary/aromatic N) is 3. The fourth-order valence-corrected chi connectivity index (χ4v) is 2.74. The summed E-state index contributed by atoms with van der Waals surface area (Å²) in [6.45, 7) is 6.44. The minimum absolute atomic E-state index is 0. The number of imidazole rings is 1. The largest absolute Gasteiger partial charge is 0.383 e. The third kappa shape index (κ3) is 6.48. The van der Waals surface area contributed by atoms with Crippen LogP contribution in [0, 0.1) is 0 Å². The van der Waals surface area contributed by atoms with Gasteiger partial charge in [0.05, 0.1) is 12.9 Å². The first-order valence-electron chi connectivity index (χ1n) is 7.35. The molecule has 1 atom stereocenters. The van der Waals surface area contributed by atoms with Crippen molar-refractivity contribution in [2.75, 3.05) is 19.6 Å². The number of rotatable bonds is 7. The third-order valence-corrected chi connectivity index (χ3v) is 3.94.